The normalized spacial score (nSPS) is 29.0. The number of hydrogen-bond donors (Lipinski definition) is 0. The van der Waals surface area contributed by atoms with Crippen molar-refractivity contribution in [3.05, 3.63) is 11.9 Å². The van der Waals surface area contributed by atoms with Gasteiger partial charge in [-0.3, -0.25) is 0 Å². The van der Waals surface area contributed by atoms with Gasteiger partial charge >= 0.3 is 0 Å². The molecule has 2 atom stereocenters. The van der Waals surface area contributed by atoms with Crippen LogP contribution < -0.4 is 0 Å². The molecule has 1 aliphatic heterocycles. The van der Waals surface area contributed by atoms with Gasteiger partial charge in [-0.25, -0.2) is 4.39 Å². The Balaban J connectivity index is 2.38. The van der Waals surface area contributed by atoms with Gasteiger partial charge in [-0.2, -0.15) is 0 Å². The second kappa shape index (κ2) is 3.95. The van der Waals surface area contributed by atoms with E-state index in [4.69, 9.17) is 9.47 Å². The van der Waals surface area contributed by atoms with Crippen molar-refractivity contribution >= 4 is 15.0 Å². The average molecular weight is 206 g/mol. The SMILES string of the molecule is B[C@@H]1O[C@H](OCP(C)(C)=O)C=C1F. The van der Waals surface area contributed by atoms with Crippen molar-refractivity contribution in [2.75, 3.05) is 19.7 Å². The van der Waals surface area contributed by atoms with E-state index >= 15 is 0 Å². The molecule has 13 heavy (non-hydrogen) atoms. The Morgan fingerprint density at radius 2 is 2.38 bits per heavy atom. The number of rotatable bonds is 3. The monoisotopic (exact) mass is 206 g/mol. The van der Waals surface area contributed by atoms with Gasteiger partial charge in [0.05, 0.1) is 6.00 Å². The van der Waals surface area contributed by atoms with Gasteiger partial charge in [-0.1, -0.05) is 0 Å². The minimum absolute atomic E-state index is 0.119. The van der Waals surface area contributed by atoms with Crippen LogP contribution in [-0.4, -0.2) is 39.8 Å². The van der Waals surface area contributed by atoms with E-state index in [1.165, 1.54) is 6.08 Å². The summed E-state index contributed by atoms with van der Waals surface area (Å²) in [5, 5.41) is 0. The fraction of sp³-hybridized carbons (Fsp3) is 0.714. The summed E-state index contributed by atoms with van der Waals surface area (Å²) in [4.78, 5) is 0. The molecule has 1 rings (SSSR count). The maximum absolute atomic E-state index is 12.8. The van der Waals surface area contributed by atoms with Gasteiger partial charge in [-0.05, 0) is 13.3 Å². The molecule has 1 heterocycles. The fourth-order valence-corrected chi connectivity index (χ4v) is 1.42. The first-order valence-corrected chi connectivity index (χ1v) is 6.85. The molecular formula is C7H13BFO3P. The van der Waals surface area contributed by atoms with Crippen molar-refractivity contribution in [1.82, 2.24) is 0 Å². The third-order valence-corrected chi connectivity index (χ3v) is 2.34. The lowest BCUT2D eigenvalue weighted by atomic mass is 10.0. The largest absolute Gasteiger partial charge is 0.348 e. The molecule has 6 heteroatoms. The van der Waals surface area contributed by atoms with Gasteiger partial charge in [0.25, 0.3) is 0 Å². The third kappa shape index (κ3) is 3.63. The molecule has 0 N–H and O–H groups in total. The van der Waals surface area contributed by atoms with E-state index in [1.54, 1.807) is 21.2 Å². The van der Waals surface area contributed by atoms with Crippen LogP contribution in [0.15, 0.2) is 11.9 Å². The van der Waals surface area contributed by atoms with E-state index in [0.717, 1.165) is 0 Å². The van der Waals surface area contributed by atoms with Gasteiger partial charge in [0, 0.05) is 6.08 Å². The highest BCUT2D eigenvalue weighted by Gasteiger charge is 2.25. The second-order valence-electron chi connectivity index (χ2n) is 3.57. The lowest BCUT2D eigenvalue weighted by Gasteiger charge is -2.13. The van der Waals surface area contributed by atoms with Crippen LogP contribution in [-0.2, 0) is 14.0 Å². The maximum atomic E-state index is 12.8. The summed E-state index contributed by atoms with van der Waals surface area (Å²) in [6, 6.07) is -0.543. The van der Waals surface area contributed by atoms with E-state index in [1.807, 2.05) is 0 Å². The van der Waals surface area contributed by atoms with Gasteiger partial charge in [-0.15, -0.1) is 0 Å². The molecule has 74 valence electrons. The number of halogens is 1. The van der Waals surface area contributed by atoms with Gasteiger partial charge in [0.1, 0.15) is 27.2 Å². The van der Waals surface area contributed by atoms with Crippen LogP contribution in [0.25, 0.3) is 0 Å². The average Bonchev–Trinajstić information content (AvgIpc) is 2.27. The molecule has 3 nitrogen and oxygen atoms in total. The highest BCUT2D eigenvalue weighted by molar-refractivity contribution is 7.62. The Morgan fingerprint density at radius 1 is 1.77 bits per heavy atom. The molecule has 1 aliphatic rings. The van der Waals surface area contributed by atoms with Gasteiger partial charge in [0.2, 0.25) is 0 Å². The molecule has 0 amide bonds. The Kier molecular flexibility index (Phi) is 3.33. The van der Waals surface area contributed by atoms with Crippen molar-refractivity contribution < 1.29 is 18.4 Å². The third-order valence-electron chi connectivity index (χ3n) is 1.57. The zero-order valence-corrected chi connectivity index (χ0v) is 8.88. The molecule has 0 aromatic rings. The van der Waals surface area contributed by atoms with Crippen molar-refractivity contribution in [2.24, 2.45) is 0 Å². The molecule has 0 saturated heterocycles. The summed E-state index contributed by atoms with van der Waals surface area (Å²) in [6.07, 6.45) is 0.706. The Labute approximate surface area is 78.1 Å². The fourth-order valence-electron chi connectivity index (χ4n) is 0.911. The van der Waals surface area contributed by atoms with Crippen molar-refractivity contribution in [3.63, 3.8) is 0 Å². The Morgan fingerprint density at radius 3 is 2.77 bits per heavy atom. The lowest BCUT2D eigenvalue weighted by molar-refractivity contribution is -0.0886. The topological polar surface area (TPSA) is 35.5 Å². The zero-order chi connectivity index (χ0) is 10.1. The molecule has 0 aliphatic carbocycles. The summed E-state index contributed by atoms with van der Waals surface area (Å²) >= 11 is 0. The smallest absolute Gasteiger partial charge is 0.180 e. The minimum atomic E-state index is -2.21. The Bertz CT molecular complexity index is 262. The van der Waals surface area contributed by atoms with E-state index < -0.39 is 19.4 Å². The van der Waals surface area contributed by atoms with Crippen LogP contribution in [0, 0.1) is 0 Å². The first-order valence-electron chi connectivity index (χ1n) is 4.07. The molecule has 0 unspecified atom stereocenters. The molecule has 0 aromatic carbocycles. The molecule has 0 radical (unpaired) electrons. The van der Waals surface area contributed by atoms with Gasteiger partial charge in [0.15, 0.2) is 6.29 Å². The van der Waals surface area contributed by atoms with Crippen LogP contribution in [0.5, 0.6) is 0 Å². The Hall–Kier alpha value is -0.115. The summed E-state index contributed by atoms with van der Waals surface area (Å²) < 4.78 is 34.2. The highest BCUT2D eigenvalue weighted by Crippen LogP contribution is 2.36. The predicted molar refractivity (Wildman–Crippen MR) is 51.8 cm³/mol. The van der Waals surface area contributed by atoms with Gasteiger partial charge < -0.3 is 14.0 Å². The lowest BCUT2D eigenvalue weighted by Crippen LogP contribution is -2.16. The first-order chi connectivity index (χ1) is 5.88. The van der Waals surface area contributed by atoms with Crippen LogP contribution >= 0.6 is 7.14 Å². The van der Waals surface area contributed by atoms with E-state index in [2.05, 4.69) is 0 Å². The van der Waals surface area contributed by atoms with Crippen molar-refractivity contribution in [2.45, 2.75) is 12.3 Å². The van der Waals surface area contributed by atoms with Crippen molar-refractivity contribution in [1.29, 1.82) is 0 Å². The number of ether oxygens (including phenoxy) is 2. The van der Waals surface area contributed by atoms with Crippen LogP contribution in [0.2, 0.25) is 0 Å². The molecule has 0 saturated carbocycles. The summed E-state index contributed by atoms with van der Waals surface area (Å²) in [5.41, 5.74) is 0. The molecule has 0 aromatic heterocycles. The zero-order valence-electron chi connectivity index (χ0n) is 7.99. The summed E-state index contributed by atoms with van der Waals surface area (Å²) in [5.74, 6) is -0.327. The van der Waals surface area contributed by atoms with Crippen LogP contribution in [0.3, 0.4) is 0 Å². The van der Waals surface area contributed by atoms with E-state index in [0.29, 0.717) is 0 Å². The molecule has 0 spiro atoms. The maximum Gasteiger partial charge on any atom is 0.180 e. The van der Waals surface area contributed by atoms with Crippen LogP contribution in [0.4, 0.5) is 4.39 Å². The first kappa shape index (κ1) is 11.0. The second-order valence-corrected chi connectivity index (χ2v) is 6.97. The molecule has 0 bridgehead atoms. The van der Waals surface area contributed by atoms with Crippen LogP contribution in [0.1, 0.15) is 0 Å². The van der Waals surface area contributed by atoms with Crippen molar-refractivity contribution in [3.8, 4) is 0 Å². The standard InChI is InChI=1S/C7H13BFO3P/c1-13(2,10)4-11-6-3-5(9)7(8)12-6/h3,6-7H,4,8H2,1-2H3/t6-,7+/m0/s1. The minimum Gasteiger partial charge on any atom is -0.348 e. The van der Waals surface area contributed by atoms with E-state index in [9.17, 15) is 8.96 Å². The summed E-state index contributed by atoms with van der Waals surface area (Å²) in [6.45, 7) is 3.23. The van der Waals surface area contributed by atoms with E-state index in [-0.39, 0.29) is 12.2 Å². The molecule has 0 fully saturated rings. The quantitative estimate of drug-likeness (QED) is 0.504. The molecular weight excluding hydrogens is 193 g/mol. The summed E-state index contributed by atoms with van der Waals surface area (Å²) in [7, 11) is -0.608. The highest BCUT2D eigenvalue weighted by atomic mass is 31.2. The predicted octanol–water partition coefficient (Wildman–Crippen LogP) is 0.752. The number of hydrogen-bond acceptors (Lipinski definition) is 3.